The fourth-order valence-electron chi connectivity index (χ4n) is 3.16. The summed E-state index contributed by atoms with van der Waals surface area (Å²) < 4.78 is 11.0. The molecule has 0 amide bonds. The first-order valence-corrected chi connectivity index (χ1v) is 8.43. The molecular weight excluding hydrogens is 266 g/mol. The molecule has 0 aliphatic heterocycles. The predicted octanol–water partition coefficient (Wildman–Crippen LogP) is 3.15. The van der Waals surface area contributed by atoms with Crippen molar-refractivity contribution in [1.29, 1.82) is 0 Å². The van der Waals surface area contributed by atoms with Crippen LogP contribution in [0.25, 0.3) is 0 Å². The zero-order valence-electron chi connectivity index (χ0n) is 14.4. The van der Waals surface area contributed by atoms with E-state index in [0.29, 0.717) is 11.8 Å². The second-order valence-corrected chi connectivity index (χ2v) is 6.59. The maximum Gasteiger partial charge on any atom is 0.326 e. The normalized spacial score (nSPS) is 27.0. The Morgan fingerprint density at radius 2 is 2.10 bits per heavy atom. The van der Waals surface area contributed by atoms with Crippen molar-refractivity contribution >= 4 is 5.97 Å². The Labute approximate surface area is 130 Å². The summed E-state index contributed by atoms with van der Waals surface area (Å²) in [6.07, 6.45) is 5.24. The van der Waals surface area contributed by atoms with Crippen LogP contribution < -0.4 is 5.32 Å². The number of carbonyl (C=O) groups is 1. The highest BCUT2D eigenvalue weighted by molar-refractivity contribution is 5.81. The fraction of sp³-hybridized carbons (Fsp3) is 0.941. The van der Waals surface area contributed by atoms with Crippen LogP contribution in [-0.4, -0.2) is 37.9 Å². The fourth-order valence-corrected chi connectivity index (χ4v) is 3.16. The van der Waals surface area contributed by atoms with Gasteiger partial charge in [-0.25, -0.2) is 0 Å². The van der Waals surface area contributed by atoms with Crippen molar-refractivity contribution in [3.8, 4) is 0 Å². The average Bonchev–Trinajstić information content (AvgIpc) is 2.88. The van der Waals surface area contributed by atoms with E-state index in [9.17, 15) is 4.79 Å². The third kappa shape index (κ3) is 4.68. The summed E-state index contributed by atoms with van der Waals surface area (Å²) in [5.74, 6) is 0.739. The van der Waals surface area contributed by atoms with E-state index in [1.807, 2.05) is 0 Å². The Bertz CT molecular complexity index is 319. The second-order valence-electron chi connectivity index (χ2n) is 6.59. The molecule has 0 heterocycles. The van der Waals surface area contributed by atoms with Crippen LogP contribution in [0.2, 0.25) is 0 Å². The molecule has 1 aliphatic rings. The maximum absolute atomic E-state index is 12.3. The summed E-state index contributed by atoms with van der Waals surface area (Å²) in [4.78, 5) is 12.3. The molecule has 1 N–H and O–H groups in total. The molecule has 0 saturated heterocycles. The van der Waals surface area contributed by atoms with Gasteiger partial charge >= 0.3 is 5.97 Å². The zero-order valence-corrected chi connectivity index (χ0v) is 14.4. The van der Waals surface area contributed by atoms with Crippen molar-refractivity contribution in [2.75, 3.05) is 20.3 Å². The van der Waals surface area contributed by atoms with Crippen LogP contribution in [0.4, 0.5) is 0 Å². The predicted molar refractivity (Wildman–Crippen MR) is 85.3 cm³/mol. The topological polar surface area (TPSA) is 47.6 Å². The van der Waals surface area contributed by atoms with E-state index in [2.05, 4.69) is 33.0 Å². The molecule has 0 aromatic rings. The summed E-state index contributed by atoms with van der Waals surface area (Å²) in [7, 11) is 1.49. The summed E-state index contributed by atoms with van der Waals surface area (Å²) in [6.45, 7) is 10.1. The molecule has 0 bridgehead atoms. The molecule has 1 saturated carbocycles. The summed E-state index contributed by atoms with van der Waals surface area (Å²) in [5, 5.41) is 3.48. The first-order valence-electron chi connectivity index (χ1n) is 8.43. The van der Waals surface area contributed by atoms with Gasteiger partial charge in [0, 0.05) is 6.61 Å². The van der Waals surface area contributed by atoms with Crippen molar-refractivity contribution in [1.82, 2.24) is 5.32 Å². The summed E-state index contributed by atoms with van der Waals surface area (Å²) >= 11 is 0. The van der Waals surface area contributed by atoms with Gasteiger partial charge in [-0.3, -0.25) is 4.79 Å². The Kier molecular flexibility index (Phi) is 7.67. The van der Waals surface area contributed by atoms with Crippen LogP contribution in [0.15, 0.2) is 0 Å². The average molecular weight is 299 g/mol. The van der Waals surface area contributed by atoms with Gasteiger partial charge in [0.2, 0.25) is 0 Å². The largest absolute Gasteiger partial charge is 0.468 e. The molecule has 4 nitrogen and oxygen atoms in total. The molecule has 0 radical (unpaired) electrons. The van der Waals surface area contributed by atoms with Crippen molar-refractivity contribution in [2.45, 2.75) is 71.4 Å². The van der Waals surface area contributed by atoms with Crippen LogP contribution in [0, 0.1) is 11.8 Å². The van der Waals surface area contributed by atoms with Gasteiger partial charge in [-0.15, -0.1) is 0 Å². The van der Waals surface area contributed by atoms with Crippen LogP contribution in [0.5, 0.6) is 0 Å². The lowest BCUT2D eigenvalue weighted by molar-refractivity contribution is -0.150. The van der Waals surface area contributed by atoms with Crippen molar-refractivity contribution in [2.24, 2.45) is 11.8 Å². The number of nitrogens with one attached hydrogen (secondary N) is 1. The van der Waals surface area contributed by atoms with Crippen LogP contribution in [-0.2, 0) is 14.3 Å². The van der Waals surface area contributed by atoms with E-state index in [1.54, 1.807) is 0 Å². The number of hydrogen-bond acceptors (Lipinski definition) is 4. The zero-order chi connectivity index (χ0) is 15.9. The summed E-state index contributed by atoms with van der Waals surface area (Å²) in [6, 6.07) is 0. The first kappa shape index (κ1) is 18.4. The minimum Gasteiger partial charge on any atom is -0.468 e. The lowest BCUT2D eigenvalue weighted by Gasteiger charge is -2.34. The molecule has 124 valence electrons. The Balaban J connectivity index is 2.62. The molecule has 3 unspecified atom stereocenters. The van der Waals surface area contributed by atoms with Gasteiger partial charge in [0.15, 0.2) is 0 Å². The molecule has 4 heteroatoms. The quantitative estimate of drug-likeness (QED) is 0.664. The van der Waals surface area contributed by atoms with E-state index in [0.717, 1.165) is 45.3 Å². The van der Waals surface area contributed by atoms with E-state index < -0.39 is 5.54 Å². The number of rotatable bonds is 9. The van der Waals surface area contributed by atoms with Crippen LogP contribution >= 0.6 is 0 Å². The SMILES string of the molecule is CCCNC1(C(=O)OC)CCCC1CCOC(C)C(C)C. The maximum atomic E-state index is 12.3. The molecule has 0 aromatic heterocycles. The minimum absolute atomic E-state index is 0.102. The molecule has 0 spiro atoms. The van der Waals surface area contributed by atoms with Gasteiger partial charge in [-0.1, -0.05) is 27.2 Å². The standard InChI is InChI=1S/C17H33NO3/c1-6-11-18-17(16(19)20-5)10-7-8-15(17)9-12-21-14(4)13(2)3/h13-15,18H,6-12H2,1-5H3. The smallest absolute Gasteiger partial charge is 0.326 e. The number of carbonyl (C=O) groups excluding carboxylic acids is 1. The van der Waals surface area contributed by atoms with Gasteiger partial charge in [0.05, 0.1) is 13.2 Å². The van der Waals surface area contributed by atoms with Gasteiger partial charge in [0.1, 0.15) is 5.54 Å². The van der Waals surface area contributed by atoms with Crippen molar-refractivity contribution in [3.05, 3.63) is 0 Å². The molecule has 1 rings (SSSR count). The van der Waals surface area contributed by atoms with E-state index in [4.69, 9.17) is 9.47 Å². The number of ether oxygens (including phenoxy) is 2. The highest BCUT2D eigenvalue weighted by Crippen LogP contribution is 2.39. The first-order chi connectivity index (χ1) is 9.97. The monoisotopic (exact) mass is 299 g/mol. The molecule has 0 aromatic carbocycles. The number of esters is 1. The van der Waals surface area contributed by atoms with Gasteiger partial charge in [0.25, 0.3) is 0 Å². The van der Waals surface area contributed by atoms with E-state index in [-0.39, 0.29) is 12.1 Å². The third-order valence-corrected chi connectivity index (χ3v) is 4.85. The molecular formula is C17H33NO3. The van der Waals surface area contributed by atoms with Gasteiger partial charge < -0.3 is 14.8 Å². The Morgan fingerprint density at radius 3 is 2.67 bits per heavy atom. The van der Waals surface area contributed by atoms with Crippen LogP contribution in [0.1, 0.15) is 59.8 Å². The minimum atomic E-state index is -0.491. The number of methoxy groups -OCH3 is 1. The van der Waals surface area contributed by atoms with E-state index in [1.165, 1.54) is 7.11 Å². The van der Waals surface area contributed by atoms with Crippen molar-refractivity contribution < 1.29 is 14.3 Å². The molecule has 1 fully saturated rings. The van der Waals surface area contributed by atoms with Crippen molar-refractivity contribution in [3.63, 3.8) is 0 Å². The molecule has 1 aliphatic carbocycles. The number of hydrogen-bond donors (Lipinski definition) is 1. The summed E-state index contributed by atoms with van der Waals surface area (Å²) in [5.41, 5.74) is -0.491. The molecule has 21 heavy (non-hydrogen) atoms. The highest BCUT2D eigenvalue weighted by Gasteiger charge is 2.49. The van der Waals surface area contributed by atoms with E-state index >= 15 is 0 Å². The molecule has 3 atom stereocenters. The van der Waals surface area contributed by atoms with Crippen LogP contribution in [0.3, 0.4) is 0 Å². The lowest BCUT2D eigenvalue weighted by Crippen LogP contribution is -2.55. The Hall–Kier alpha value is -0.610. The Morgan fingerprint density at radius 1 is 1.38 bits per heavy atom. The second kappa shape index (κ2) is 8.74. The highest BCUT2D eigenvalue weighted by atomic mass is 16.5. The van der Waals surface area contributed by atoms with Gasteiger partial charge in [-0.05, 0) is 51.0 Å². The van der Waals surface area contributed by atoms with Gasteiger partial charge in [-0.2, -0.15) is 0 Å². The lowest BCUT2D eigenvalue weighted by atomic mass is 9.84. The third-order valence-electron chi connectivity index (χ3n) is 4.85.